The van der Waals surface area contributed by atoms with Crippen LogP contribution in [0.15, 0.2) is 55.1 Å². The van der Waals surface area contributed by atoms with Gasteiger partial charge in [-0.1, -0.05) is 6.08 Å². The van der Waals surface area contributed by atoms with Crippen LogP contribution in [-0.4, -0.2) is 16.7 Å². The van der Waals surface area contributed by atoms with E-state index in [0.29, 0.717) is 12.1 Å². The van der Waals surface area contributed by atoms with Crippen molar-refractivity contribution in [3.63, 3.8) is 0 Å². The molecule has 0 saturated carbocycles. The molecule has 0 amide bonds. The van der Waals surface area contributed by atoms with E-state index in [-0.39, 0.29) is 0 Å². The molecule has 4 nitrogen and oxygen atoms in total. The molecule has 1 heterocycles. The standard InChI is InChI=1S/C18H15N3O/c1-3-10-21-17-9-8-15(22-2)11-16(17)20-18(21)14-6-4-13(12-19)5-7-14/h3-9,11H,1,10H2,2H3. The third-order valence-corrected chi connectivity index (χ3v) is 3.54. The van der Waals surface area contributed by atoms with Gasteiger partial charge in [0.1, 0.15) is 11.6 Å². The highest BCUT2D eigenvalue weighted by Crippen LogP contribution is 2.27. The number of allylic oxidation sites excluding steroid dienone is 1. The summed E-state index contributed by atoms with van der Waals surface area (Å²) in [7, 11) is 1.64. The van der Waals surface area contributed by atoms with E-state index in [1.54, 1.807) is 19.2 Å². The Morgan fingerprint density at radius 1 is 1.27 bits per heavy atom. The topological polar surface area (TPSA) is 50.8 Å². The van der Waals surface area contributed by atoms with Gasteiger partial charge in [0.25, 0.3) is 0 Å². The molecule has 0 fully saturated rings. The Kier molecular flexibility index (Phi) is 3.63. The maximum Gasteiger partial charge on any atom is 0.141 e. The summed E-state index contributed by atoms with van der Waals surface area (Å²) in [6.45, 7) is 4.49. The van der Waals surface area contributed by atoms with Crippen LogP contribution in [0, 0.1) is 11.3 Å². The molecule has 0 aliphatic carbocycles. The molecule has 1 aromatic heterocycles. The number of imidazole rings is 1. The third-order valence-electron chi connectivity index (χ3n) is 3.54. The van der Waals surface area contributed by atoms with Crippen LogP contribution in [0.25, 0.3) is 22.4 Å². The second-order valence-electron chi connectivity index (χ2n) is 4.88. The first-order valence-electron chi connectivity index (χ1n) is 6.92. The van der Waals surface area contributed by atoms with Crippen molar-refractivity contribution >= 4 is 11.0 Å². The molecule has 108 valence electrons. The second kappa shape index (κ2) is 5.74. The van der Waals surface area contributed by atoms with Gasteiger partial charge in [-0.25, -0.2) is 4.98 Å². The molecule has 3 rings (SSSR count). The Hall–Kier alpha value is -3.06. The normalized spacial score (nSPS) is 10.4. The van der Waals surface area contributed by atoms with Crippen molar-refractivity contribution in [1.82, 2.24) is 9.55 Å². The van der Waals surface area contributed by atoms with E-state index in [9.17, 15) is 0 Å². The van der Waals surface area contributed by atoms with Gasteiger partial charge in [-0.15, -0.1) is 6.58 Å². The van der Waals surface area contributed by atoms with Gasteiger partial charge in [-0.3, -0.25) is 0 Å². The van der Waals surface area contributed by atoms with E-state index in [1.807, 2.05) is 36.4 Å². The molecule has 0 aliphatic heterocycles. The minimum absolute atomic E-state index is 0.636. The van der Waals surface area contributed by atoms with E-state index in [4.69, 9.17) is 15.0 Å². The number of hydrogen-bond donors (Lipinski definition) is 0. The zero-order valence-corrected chi connectivity index (χ0v) is 12.3. The molecular weight excluding hydrogens is 274 g/mol. The van der Waals surface area contributed by atoms with Crippen molar-refractivity contribution in [2.45, 2.75) is 6.54 Å². The molecule has 0 N–H and O–H groups in total. The lowest BCUT2D eigenvalue weighted by Crippen LogP contribution is -1.98. The molecule has 0 radical (unpaired) electrons. The molecule has 2 aromatic carbocycles. The van der Waals surface area contributed by atoms with E-state index < -0.39 is 0 Å². The van der Waals surface area contributed by atoms with Gasteiger partial charge in [-0.2, -0.15) is 5.26 Å². The minimum Gasteiger partial charge on any atom is -0.497 e. The zero-order valence-electron chi connectivity index (χ0n) is 12.3. The SMILES string of the molecule is C=CCn1c(-c2ccc(C#N)cc2)nc2cc(OC)ccc21. The summed E-state index contributed by atoms with van der Waals surface area (Å²) in [5.74, 6) is 1.63. The van der Waals surface area contributed by atoms with Gasteiger partial charge in [0.15, 0.2) is 0 Å². The van der Waals surface area contributed by atoms with Gasteiger partial charge in [0.2, 0.25) is 0 Å². The lowest BCUT2D eigenvalue weighted by Gasteiger charge is -2.06. The molecular formula is C18H15N3O. The highest BCUT2D eigenvalue weighted by molar-refractivity contribution is 5.82. The van der Waals surface area contributed by atoms with E-state index in [0.717, 1.165) is 28.2 Å². The van der Waals surface area contributed by atoms with Crippen LogP contribution in [0.5, 0.6) is 5.75 Å². The molecule has 4 heteroatoms. The van der Waals surface area contributed by atoms with Gasteiger partial charge in [0.05, 0.1) is 29.8 Å². The Labute approximate surface area is 128 Å². The summed E-state index contributed by atoms with van der Waals surface area (Å²) in [6, 6.07) is 15.4. The fourth-order valence-corrected chi connectivity index (χ4v) is 2.46. The predicted octanol–water partition coefficient (Wildman–Crippen LogP) is 3.77. The molecule has 0 atom stereocenters. The number of aromatic nitrogens is 2. The average molecular weight is 289 g/mol. The molecule has 0 bridgehead atoms. The van der Waals surface area contributed by atoms with E-state index in [1.165, 1.54) is 0 Å². The fraction of sp³-hybridized carbons (Fsp3) is 0.111. The molecule has 3 aromatic rings. The highest BCUT2D eigenvalue weighted by Gasteiger charge is 2.12. The minimum atomic E-state index is 0.636. The summed E-state index contributed by atoms with van der Waals surface area (Å²) >= 11 is 0. The Morgan fingerprint density at radius 3 is 2.68 bits per heavy atom. The maximum atomic E-state index is 8.91. The van der Waals surface area contributed by atoms with Crippen molar-refractivity contribution in [1.29, 1.82) is 5.26 Å². The van der Waals surface area contributed by atoms with Crippen LogP contribution in [0.3, 0.4) is 0 Å². The van der Waals surface area contributed by atoms with E-state index in [2.05, 4.69) is 17.2 Å². The Morgan fingerprint density at radius 2 is 2.05 bits per heavy atom. The second-order valence-corrected chi connectivity index (χ2v) is 4.88. The monoisotopic (exact) mass is 289 g/mol. The molecule has 0 unspecified atom stereocenters. The van der Waals surface area contributed by atoms with Crippen LogP contribution in [0.2, 0.25) is 0 Å². The number of nitrogens with zero attached hydrogens (tertiary/aromatic N) is 3. The lowest BCUT2D eigenvalue weighted by molar-refractivity contribution is 0.415. The number of benzene rings is 2. The van der Waals surface area contributed by atoms with Gasteiger partial charge in [-0.05, 0) is 36.4 Å². The Bertz CT molecular complexity index is 870. The summed E-state index contributed by atoms with van der Waals surface area (Å²) < 4.78 is 7.36. The predicted molar refractivity (Wildman–Crippen MR) is 86.6 cm³/mol. The first kappa shape index (κ1) is 13.9. The number of fused-ring (bicyclic) bond motifs is 1. The van der Waals surface area contributed by atoms with Crippen LogP contribution < -0.4 is 4.74 Å². The molecule has 0 saturated heterocycles. The van der Waals surface area contributed by atoms with Crippen molar-refractivity contribution in [2.24, 2.45) is 0 Å². The first-order valence-corrected chi connectivity index (χ1v) is 6.92. The summed E-state index contributed by atoms with van der Waals surface area (Å²) in [6.07, 6.45) is 1.85. The number of rotatable bonds is 4. The zero-order chi connectivity index (χ0) is 15.5. The first-order chi connectivity index (χ1) is 10.8. The van der Waals surface area contributed by atoms with Crippen molar-refractivity contribution in [3.05, 3.63) is 60.7 Å². The van der Waals surface area contributed by atoms with Crippen LogP contribution in [0.4, 0.5) is 0 Å². The number of nitriles is 1. The van der Waals surface area contributed by atoms with E-state index >= 15 is 0 Å². The fourth-order valence-electron chi connectivity index (χ4n) is 2.46. The quantitative estimate of drug-likeness (QED) is 0.687. The highest BCUT2D eigenvalue weighted by atomic mass is 16.5. The Balaban J connectivity index is 2.20. The molecule has 0 aliphatic rings. The lowest BCUT2D eigenvalue weighted by atomic mass is 10.1. The average Bonchev–Trinajstić information content (AvgIpc) is 2.93. The maximum absolute atomic E-state index is 8.91. The van der Waals surface area contributed by atoms with Crippen molar-refractivity contribution in [2.75, 3.05) is 7.11 Å². The van der Waals surface area contributed by atoms with Crippen LogP contribution >= 0.6 is 0 Å². The molecule has 0 spiro atoms. The third kappa shape index (κ3) is 2.33. The van der Waals surface area contributed by atoms with Gasteiger partial charge >= 0.3 is 0 Å². The number of ether oxygens (including phenoxy) is 1. The van der Waals surface area contributed by atoms with Crippen molar-refractivity contribution in [3.8, 4) is 23.2 Å². The van der Waals surface area contributed by atoms with Gasteiger partial charge < -0.3 is 9.30 Å². The summed E-state index contributed by atoms with van der Waals surface area (Å²) in [5, 5.41) is 8.91. The molecule has 22 heavy (non-hydrogen) atoms. The smallest absolute Gasteiger partial charge is 0.141 e. The largest absolute Gasteiger partial charge is 0.497 e. The number of hydrogen-bond acceptors (Lipinski definition) is 3. The summed E-state index contributed by atoms with van der Waals surface area (Å²) in [4.78, 5) is 4.72. The van der Waals surface area contributed by atoms with Crippen LogP contribution in [-0.2, 0) is 6.54 Å². The number of methoxy groups -OCH3 is 1. The van der Waals surface area contributed by atoms with Crippen LogP contribution in [0.1, 0.15) is 5.56 Å². The van der Waals surface area contributed by atoms with Crippen molar-refractivity contribution < 1.29 is 4.74 Å². The summed E-state index contributed by atoms with van der Waals surface area (Å²) in [5.41, 5.74) is 3.51. The van der Waals surface area contributed by atoms with Gasteiger partial charge in [0, 0.05) is 18.2 Å².